The molecule has 1 aromatic rings. The minimum Gasteiger partial charge on any atom is -0.444 e. The summed E-state index contributed by atoms with van der Waals surface area (Å²) >= 11 is 0. The predicted octanol–water partition coefficient (Wildman–Crippen LogP) is 3.58. The number of carbonyl (C=O) groups is 3. The Balaban J connectivity index is 1.56. The first-order valence-corrected chi connectivity index (χ1v) is 12.8. The van der Waals surface area contributed by atoms with Gasteiger partial charge in [-0.3, -0.25) is 14.5 Å². The molecule has 8 heteroatoms. The van der Waals surface area contributed by atoms with Crippen LogP contribution in [0.25, 0.3) is 0 Å². The van der Waals surface area contributed by atoms with Crippen molar-refractivity contribution >= 4 is 17.9 Å². The molecule has 1 spiro atoms. The zero-order valence-electron chi connectivity index (χ0n) is 21.7. The van der Waals surface area contributed by atoms with Crippen molar-refractivity contribution < 1.29 is 23.9 Å². The SMILES string of the molecule is CC1N([C@H](C(=O)N2CCCC2)[C@@H](C)OCc2ccccc2)C(=O)C12CCCN2C(=O)OC(C)(C)C. The van der Waals surface area contributed by atoms with Crippen LogP contribution < -0.4 is 0 Å². The number of rotatable bonds is 6. The lowest BCUT2D eigenvalue weighted by Crippen LogP contribution is -2.81. The second-order valence-electron chi connectivity index (χ2n) is 11.0. The molecule has 3 aliphatic rings. The Labute approximate surface area is 208 Å². The summed E-state index contributed by atoms with van der Waals surface area (Å²) in [5.41, 5.74) is -0.589. The summed E-state index contributed by atoms with van der Waals surface area (Å²) in [7, 11) is 0. The summed E-state index contributed by atoms with van der Waals surface area (Å²) in [5.74, 6) is -0.249. The maximum atomic E-state index is 13.9. The molecule has 35 heavy (non-hydrogen) atoms. The molecule has 3 fully saturated rings. The van der Waals surface area contributed by atoms with Gasteiger partial charge < -0.3 is 19.3 Å². The fourth-order valence-corrected chi connectivity index (χ4v) is 5.74. The van der Waals surface area contributed by atoms with Gasteiger partial charge in [0.15, 0.2) is 0 Å². The Kier molecular flexibility index (Phi) is 7.13. The standard InChI is InChI=1S/C27H39N3O5/c1-19(34-18-21-12-7-6-8-13-21)22(23(31)28-15-9-10-16-28)30-20(2)27(24(30)32)14-11-17-29(27)25(33)35-26(3,4)5/h6-8,12-13,19-20,22H,9-11,14-18H2,1-5H3/t19-,20?,22+,27?/m1/s1. The van der Waals surface area contributed by atoms with Gasteiger partial charge in [-0.15, -0.1) is 0 Å². The largest absolute Gasteiger partial charge is 0.444 e. The monoisotopic (exact) mass is 485 g/mol. The summed E-state index contributed by atoms with van der Waals surface area (Å²) in [4.78, 5) is 45.7. The number of likely N-dealkylation sites (tertiary alicyclic amines) is 3. The first-order chi connectivity index (χ1) is 16.6. The third-order valence-electron chi connectivity index (χ3n) is 7.52. The molecule has 3 amide bonds. The van der Waals surface area contributed by atoms with E-state index in [1.165, 1.54) is 0 Å². The number of amides is 3. The van der Waals surface area contributed by atoms with E-state index in [9.17, 15) is 14.4 Å². The molecule has 4 atom stereocenters. The maximum Gasteiger partial charge on any atom is 0.411 e. The fraction of sp³-hybridized carbons (Fsp3) is 0.667. The molecular weight excluding hydrogens is 446 g/mol. The van der Waals surface area contributed by atoms with Gasteiger partial charge in [0.05, 0.1) is 18.8 Å². The van der Waals surface area contributed by atoms with Crippen LogP contribution in [0.1, 0.15) is 65.9 Å². The lowest BCUT2D eigenvalue weighted by atomic mass is 9.75. The van der Waals surface area contributed by atoms with E-state index in [4.69, 9.17) is 9.47 Å². The van der Waals surface area contributed by atoms with Gasteiger partial charge in [0.25, 0.3) is 5.91 Å². The zero-order chi connectivity index (χ0) is 25.4. The van der Waals surface area contributed by atoms with E-state index in [-0.39, 0.29) is 17.9 Å². The average molecular weight is 486 g/mol. The van der Waals surface area contributed by atoms with E-state index in [1.807, 2.05) is 69.9 Å². The van der Waals surface area contributed by atoms with Crippen molar-refractivity contribution in [3.8, 4) is 0 Å². The lowest BCUT2D eigenvalue weighted by Gasteiger charge is -2.59. The van der Waals surface area contributed by atoms with Gasteiger partial charge in [0.2, 0.25) is 5.91 Å². The van der Waals surface area contributed by atoms with Gasteiger partial charge in [-0.25, -0.2) is 4.79 Å². The second kappa shape index (κ2) is 9.80. The Morgan fingerprint density at radius 3 is 2.34 bits per heavy atom. The van der Waals surface area contributed by atoms with E-state index >= 15 is 0 Å². The molecule has 0 aliphatic carbocycles. The van der Waals surface area contributed by atoms with Crippen molar-refractivity contribution in [3.63, 3.8) is 0 Å². The number of β-lactam (4-membered cyclic amide) rings is 1. The molecule has 3 heterocycles. The highest BCUT2D eigenvalue weighted by Gasteiger charge is 2.68. The van der Waals surface area contributed by atoms with E-state index in [0.29, 0.717) is 32.7 Å². The van der Waals surface area contributed by atoms with E-state index in [1.54, 1.807) is 9.80 Å². The van der Waals surface area contributed by atoms with Crippen LogP contribution in [0.4, 0.5) is 4.79 Å². The van der Waals surface area contributed by atoms with Gasteiger partial charge in [-0.05, 0) is 65.9 Å². The van der Waals surface area contributed by atoms with Crippen molar-refractivity contribution in [1.29, 1.82) is 0 Å². The summed E-state index contributed by atoms with van der Waals surface area (Å²) < 4.78 is 11.8. The minimum atomic E-state index is -0.953. The molecular formula is C27H39N3O5. The molecule has 3 saturated heterocycles. The number of ether oxygens (including phenoxy) is 2. The van der Waals surface area contributed by atoms with Crippen LogP contribution in [0.2, 0.25) is 0 Å². The van der Waals surface area contributed by atoms with Crippen molar-refractivity contribution in [2.24, 2.45) is 0 Å². The average Bonchev–Trinajstić information content (AvgIpc) is 3.51. The van der Waals surface area contributed by atoms with Gasteiger partial charge in [0.1, 0.15) is 17.2 Å². The van der Waals surface area contributed by atoms with Gasteiger partial charge in [0, 0.05) is 19.6 Å². The number of nitrogens with zero attached hydrogens (tertiary/aromatic N) is 3. The Bertz CT molecular complexity index is 940. The van der Waals surface area contributed by atoms with Crippen LogP contribution in [0.5, 0.6) is 0 Å². The fourth-order valence-electron chi connectivity index (χ4n) is 5.74. The van der Waals surface area contributed by atoms with Gasteiger partial charge in [-0.2, -0.15) is 0 Å². The van der Waals surface area contributed by atoms with Crippen LogP contribution in [0.3, 0.4) is 0 Å². The van der Waals surface area contributed by atoms with E-state index < -0.39 is 29.4 Å². The highest BCUT2D eigenvalue weighted by Crippen LogP contribution is 2.46. The van der Waals surface area contributed by atoms with Crippen molar-refractivity contribution in [1.82, 2.24) is 14.7 Å². The number of hydrogen-bond acceptors (Lipinski definition) is 5. The first-order valence-electron chi connectivity index (χ1n) is 12.8. The zero-order valence-corrected chi connectivity index (χ0v) is 21.7. The van der Waals surface area contributed by atoms with E-state index in [0.717, 1.165) is 24.8 Å². The Morgan fingerprint density at radius 1 is 1.09 bits per heavy atom. The van der Waals surface area contributed by atoms with Crippen LogP contribution in [0.15, 0.2) is 30.3 Å². The molecule has 2 unspecified atom stereocenters. The summed E-state index contributed by atoms with van der Waals surface area (Å²) in [5, 5.41) is 0. The molecule has 3 aliphatic heterocycles. The van der Waals surface area contributed by atoms with Crippen LogP contribution in [-0.4, -0.2) is 81.6 Å². The molecule has 1 aromatic carbocycles. The third kappa shape index (κ3) is 4.77. The van der Waals surface area contributed by atoms with Crippen molar-refractivity contribution in [2.45, 2.75) is 96.2 Å². The van der Waals surface area contributed by atoms with Gasteiger partial charge in [-0.1, -0.05) is 30.3 Å². The molecule has 0 bridgehead atoms. The van der Waals surface area contributed by atoms with Gasteiger partial charge >= 0.3 is 6.09 Å². The van der Waals surface area contributed by atoms with Crippen LogP contribution in [-0.2, 0) is 25.7 Å². The maximum absolute atomic E-state index is 13.9. The normalized spacial score (nSPS) is 26.1. The predicted molar refractivity (Wildman–Crippen MR) is 132 cm³/mol. The Hall–Kier alpha value is -2.61. The highest BCUT2D eigenvalue weighted by molar-refractivity contribution is 6.01. The topological polar surface area (TPSA) is 79.4 Å². The highest BCUT2D eigenvalue weighted by atomic mass is 16.6. The lowest BCUT2D eigenvalue weighted by molar-refractivity contribution is -0.187. The number of carbonyl (C=O) groups excluding carboxylic acids is 3. The quantitative estimate of drug-likeness (QED) is 0.576. The van der Waals surface area contributed by atoms with Crippen LogP contribution >= 0.6 is 0 Å². The summed E-state index contributed by atoms with van der Waals surface area (Å²) in [6, 6.07) is 8.76. The molecule has 8 nitrogen and oxygen atoms in total. The van der Waals surface area contributed by atoms with Crippen molar-refractivity contribution in [3.05, 3.63) is 35.9 Å². The molecule has 192 valence electrons. The summed E-state index contributed by atoms with van der Waals surface area (Å²) in [6.45, 7) is 11.5. The molecule has 0 N–H and O–H groups in total. The molecule has 0 aromatic heterocycles. The number of benzene rings is 1. The van der Waals surface area contributed by atoms with Crippen molar-refractivity contribution in [2.75, 3.05) is 19.6 Å². The number of hydrogen-bond donors (Lipinski definition) is 0. The van der Waals surface area contributed by atoms with E-state index in [2.05, 4.69) is 0 Å². The minimum absolute atomic E-state index is 0.0695. The third-order valence-corrected chi connectivity index (χ3v) is 7.52. The summed E-state index contributed by atoms with van der Waals surface area (Å²) in [6.07, 6.45) is 2.28. The first kappa shape index (κ1) is 25.5. The second-order valence-corrected chi connectivity index (χ2v) is 11.0. The Morgan fingerprint density at radius 2 is 1.74 bits per heavy atom. The van der Waals surface area contributed by atoms with Crippen LogP contribution in [0, 0.1) is 0 Å². The molecule has 4 rings (SSSR count). The molecule has 0 saturated carbocycles. The molecule has 0 radical (unpaired) electrons. The smallest absolute Gasteiger partial charge is 0.411 e.